The highest BCUT2D eigenvalue weighted by molar-refractivity contribution is 6.21. The van der Waals surface area contributed by atoms with Gasteiger partial charge in [-0.2, -0.15) is 0 Å². The summed E-state index contributed by atoms with van der Waals surface area (Å²) in [4.78, 5) is 0. The fourth-order valence-electron chi connectivity index (χ4n) is 7.61. The zero-order valence-corrected chi connectivity index (χ0v) is 25.6. The molecule has 0 atom stereocenters. The molecule has 0 amide bonds. The van der Waals surface area contributed by atoms with Gasteiger partial charge >= 0.3 is 0 Å². The minimum Gasteiger partial charge on any atom is -0.317 e. The van der Waals surface area contributed by atoms with E-state index in [4.69, 9.17) is 0 Å². The Bertz CT molecular complexity index is 2780. The molecular weight excluding hydrogens is 571 g/mol. The quantitative estimate of drug-likeness (QED) is 0.191. The molecule has 0 aliphatic rings. The van der Waals surface area contributed by atoms with Gasteiger partial charge in [-0.25, -0.2) is 0 Å². The molecule has 10 aromatic rings. The van der Waals surface area contributed by atoms with Crippen molar-refractivity contribution in [1.29, 1.82) is 0 Å². The van der Waals surface area contributed by atoms with E-state index in [2.05, 4.69) is 190 Å². The average Bonchev–Trinajstić information content (AvgIpc) is 3.82. The van der Waals surface area contributed by atoms with Crippen molar-refractivity contribution in [2.24, 2.45) is 0 Å². The second-order valence-corrected chi connectivity index (χ2v) is 12.2. The third-order valence-corrected chi connectivity index (χ3v) is 9.67. The topological polar surface area (TPSA) is 14.8 Å². The number of nitrogens with zero attached hydrogens (tertiary/aromatic N) is 3. The highest BCUT2D eigenvalue weighted by atomic mass is 15.0. The molecule has 3 heterocycles. The standard InChI is InChI=1S/C44H29N3/c1-3-12-30(13-4-1)31-22-23-36-35-18-7-9-20-40(35)47(43(36)28-31)34-17-11-16-33(29-34)46-41-21-10-8-19-37(41)44-38-26-27-45(32-14-5-2-6-15-32)39(38)24-25-42(44)46/h1-29H. The monoisotopic (exact) mass is 599 g/mol. The Morgan fingerprint density at radius 1 is 0.298 bits per heavy atom. The van der Waals surface area contributed by atoms with E-state index in [1.165, 1.54) is 71.3 Å². The maximum Gasteiger partial charge on any atom is 0.0548 e. The number of hydrogen-bond donors (Lipinski definition) is 0. The molecule has 0 radical (unpaired) electrons. The molecule has 0 fully saturated rings. The summed E-state index contributed by atoms with van der Waals surface area (Å²) in [6, 6.07) is 61.5. The van der Waals surface area contributed by atoms with Crippen LogP contribution in [0, 0.1) is 0 Å². The lowest BCUT2D eigenvalue weighted by atomic mass is 10.0. The minimum atomic E-state index is 1.14. The zero-order chi connectivity index (χ0) is 30.9. The molecule has 3 nitrogen and oxygen atoms in total. The van der Waals surface area contributed by atoms with Crippen molar-refractivity contribution in [2.75, 3.05) is 0 Å². The first-order valence-corrected chi connectivity index (χ1v) is 16.1. The van der Waals surface area contributed by atoms with Crippen molar-refractivity contribution >= 4 is 54.5 Å². The van der Waals surface area contributed by atoms with Crippen molar-refractivity contribution in [3.05, 3.63) is 176 Å². The molecule has 220 valence electrons. The first kappa shape index (κ1) is 26.0. The SMILES string of the molecule is c1ccc(-c2ccc3c4ccccc4n(-c4cccc(-n5c6ccccc6c6c7ccn(-c8ccccc8)c7ccc65)c4)c3c2)cc1. The van der Waals surface area contributed by atoms with E-state index in [-0.39, 0.29) is 0 Å². The minimum absolute atomic E-state index is 1.14. The van der Waals surface area contributed by atoms with Gasteiger partial charge < -0.3 is 13.7 Å². The van der Waals surface area contributed by atoms with Crippen LogP contribution in [0.25, 0.3) is 82.7 Å². The van der Waals surface area contributed by atoms with Gasteiger partial charge in [-0.3, -0.25) is 0 Å². The van der Waals surface area contributed by atoms with E-state index >= 15 is 0 Å². The molecule has 10 rings (SSSR count). The van der Waals surface area contributed by atoms with Crippen LogP contribution in [0.15, 0.2) is 176 Å². The van der Waals surface area contributed by atoms with Gasteiger partial charge in [0.05, 0.1) is 27.6 Å². The van der Waals surface area contributed by atoms with Gasteiger partial charge in [-0.15, -0.1) is 0 Å². The fourth-order valence-corrected chi connectivity index (χ4v) is 7.61. The Kier molecular flexibility index (Phi) is 5.57. The Labute approximate surface area is 271 Å². The first-order valence-electron chi connectivity index (χ1n) is 16.1. The van der Waals surface area contributed by atoms with Crippen LogP contribution in [0.1, 0.15) is 0 Å². The largest absolute Gasteiger partial charge is 0.317 e. The third-order valence-electron chi connectivity index (χ3n) is 9.67. The third kappa shape index (κ3) is 3.87. The predicted molar refractivity (Wildman–Crippen MR) is 197 cm³/mol. The number of para-hydroxylation sites is 3. The van der Waals surface area contributed by atoms with E-state index in [1.807, 2.05) is 0 Å². The van der Waals surface area contributed by atoms with Crippen molar-refractivity contribution in [2.45, 2.75) is 0 Å². The summed E-state index contributed by atoms with van der Waals surface area (Å²) in [6.07, 6.45) is 2.19. The average molecular weight is 600 g/mol. The number of fused-ring (bicyclic) bond motifs is 8. The zero-order valence-electron chi connectivity index (χ0n) is 25.6. The molecule has 0 unspecified atom stereocenters. The second kappa shape index (κ2) is 10.1. The molecule has 47 heavy (non-hydrogen) atoms. The molecule has 0 aliphatic carbocycles. The summed E-state index contributed by atoms with van der Waals surface area (Å²) < 4.78 is 7.14. The molecule has 0 saturated carbocycles. The maximum atomic E-state index is 2.43. The van der Waals surface area contributed by atoms with Crippen LogP contribution in [-0.2, 0) is 0 Å². The van der Waals surface area contributed by atoms with E-state index in [0.717, 1.165) is 11.4 Å². The van der Waals surface area contributed by atoms with Crippen LogP contribution < -0.4 is 0 Å². The summed E-state index contributed by atoms with van der Waals surface area (Å²) in [5.41, 5.74) is 11.9. The number of aromatic nitrogens is 3. The van der Waals surface area contributed by atoms with Gasteiger partial charge in [0.15, 0.2) is 0 Å². The molecular formula is C44H29N3. The van der Waals surface area contributed by atoms with Gasteiger partial charge in [0, 0.05) is 50.2 Å². The second-order valence-electron chi connectivity index (χ2n) is 12.2. The molecule has 7 aromatic carbocycles. The number of rotatable bonds is 4. The van der Waals surface area contributed by atoms with E-state index in [9.17, 15) is 0 Å². The first-order chi connectivity index (χ1) is 23.3. The fraction of sp³-hybridized carbons (Fsp3) is 0. The van der Waals surface area contributed by atoms with Gasteiger partial charge in [-0.1, -0.05) is 103 Å². The molecule has 0 aliphatic heterocycles. The summed E-state index contributed by atoms with van der Waals surface area (Å²) in [7, 11) is 0. The summed E-state index contributed by atoms with van der Waals surface area (Å²) in [5.74, 6) is 0. The summed E-state index contributed by atoms with van der Waals surface area (Å²) in [5, 5.41) is 6.31. The van der Waals surface area contributed by atoms with E-state index in [0.29, 0.717) is 0 Å². The normalized spacial score (nSPS) is 11.8. The van der Waals surface area contributed by atoms with Gasteiger partial charge in [0.2, 0.25) is 0 Å². The highest BCUT2D eigenvalue weighted by Crippen LogP contribution is 2.39. The van der Waals surface area contributed by atoms with Crippen LogP contribution in [0.2, 0.25) is 0 Å². The van der Waals surface area contributed by atoms with Gasteiger partial charge in [0.25, 0.3) is 0 Å². The summed E-state index contributed by atoms with van der Waals surface area (Å²) in [6.45, 7) is 0. The molecule has 0 N–H and O–H groups in total. The molecule has 3 heteroatoms. The Morgan fingerprint density at radius 3 is 1.66 bits per heavy atom. The van der Waals surface area contributed by atoms with Crippen LogP contribution >= 0.6 is 0 Å². The highest BCUT2D eigenvalue weighted by Gasteiger charge is 2.18. The summed E-state index contributed by atoms with van der Waals surface area (Å²) >= 11 is 0. The van der Waals surface area contributed by atoms with Crippen LogP contribution in [0.5, 0.6) is 0 Å². The lowest BCUT2D eigenvalue weighted by molar-refractivity contribution is 1.12. The molecule has 0 spiro atoms. The van der Waals surface area contributed by atoms with Crippen molar-refractivity contribution in [3.63, 3.8) is 0 Å². The lowest BCUT2D eigenvalue weighted by Gasteiger charge is -2.13. The van der Waals surface area contributed by atoms with Crippen molar-refractivity contribution in [3.8, 4) is 28.2 Å². The van der Waals surface area contributed by atoms with Crippen LogP contribution in [0.4, 0.5) is 0 Å². The van der Waals surface area contributed by atoms with E-state index < -0.39 is 0 Å². The smallest absolute Gasteiger partial charge is 0.0548 e. The van der Waals surface area contributed by atoms with E-state index in [1.54, 1.807) is 0 Å². The van der Waals surface area contributed by atoms with Crippen LogP contribution in [0.3, 0.4) is 0 Å². The van der Waals surface area contributed by atoms with Gasteiger partial charge in [0.1, 0.15) is 0 Å². The Balaban J connectivity index is 1.22. The molecule has 0 saturated heterocycles. The number of hydrogen-bond acceptors (Lipinski definition) is 0. The molecule has 0 bridgehead atoms. The van der Waals surface area contributed by atoms with Gasteiger partial charge in [-0.05, 0) is 77.9 Å². The Morgan fingerprint density at radius 2 is 0.872 bits per heavy atom. The lowest BCUT2D eigenvalue weighted by Crippen LogP contribution is -1.98. The van der Waals surface area contributed by atoms with Crippen LogP contribution in [-0.4, -0.2) is 13.7 Å². The molecule has 3 aromatic heterocycles. The Hall–Kier alpha value is -6.32. The van der Waals surface area contributed by atoms with Crippen molar-refractivity contribution < 1.29 is 0 Å². The predicted octanol–water partition coefficient (Wildman–Crippen LogP) is 11.5. The number of benzene rings is 7. The van der Waals surface area contributed by atoms with Crippen molar-refractivity contribution in [1.82, 2.24) is 13.7 Å². The maximum absolute atomic E-state index is 2.43.